The van der Waals surface area contributed by atoms with Crippen LogP contribution in [0.15, 0.2) is 118 Å². The Labute approximate surface area is 297 Å². The van der Waals surface area contributed by atoms with E-state index in [0.29, 0.717) is 29.9 Å². The van der Waals surface area contributed by atoms with Gasteiger partial charge < -0.3 is 13.2 Å². The molecule has 6 heterocycles. The SMILES string of the molecule is Brc1cn2ccnc2c(Br)n1.Fc1cccc(Cc2nc(Br)cn3ccnc23)c1.N#Cc1cn2ccnc2c(Cc2cccc(F)c2)n1. The Bertz CT molecular complexity index is 2420. The van der Waals surface area contributed by atoms with Crippen molar-refractivity contribution in [2.45, 2.75) is 12.8 Å². The van der Waals surface area contributed by atoms with Crippen molar-refractivity contribution in [1.82, 2.24) is 43.1 Å². The number of halogens is 5. The summed E-state index contributed by atoms with van der Waals surface area (Å²) < 4.78 is 34.1. The van der Waals surface area contributed by atoms with E-state index in [9.17, 15) is 8.78 Å². The van der Waals surface area contributed by atoms with Gasteiger partial charge >= 0.3 is 0 Å². The van der Waals surface area contributed by atoms with Crippen LogP contribution < -0.4 is 0 Å². The van der Waals surface area contributed by atoms with Gasteiger partial charge in [-0.25, -0.2) is 38.7 Å². The summed E-state index contributed by atoms with van der Waals surface area (Å²) in [6.45, 7) is 0. The van der Waals surface area contributed by atoms with Gasteiger partial charge in [-0.05, 0) is 83.2 Å². The second kappa shape index (κ2) is 14.9. The number of aromatic nitrogens is 9. The van der Waals surface area contributed by atoms with Crippen molar-refractivity contribution in [2.24, 2.45) is 0 Å². The van der Waals surface area contributed by atoms with Gasteiger partial charge in [0.05, 0.1) is 11.4 Å². The molecule has 15 heteroatoms. The minimum Gasteiger partial charge on any atom is -0.303 e. The number of benzene rings is 2. The zero-order valence-corrected chi connectivity index (χ0v) is 29.3. The molecule has 0 amide bonds. The van der Waals surface area contributed by atoms with Crippen LogP contribution in [0.1, 0.15) is 28.2 Å². The van der Waals surface area contributed by atoms with Crippen LogP contribution in [0, 0.1) is 23.0 Å². The molecule has 0 saturated carbocycles. The highest BCUT2D eigenvalue weighted by molar-refractivity contribution is 9.11. The van der Waals surface area contributed by atoms with Crippen LogP contribution in [0.3, 0.4) is 0 Å². The van der Waals surface area contributed by atoms with Crippen LogP contribution in [0.2, 0.25) is 0 Å². The Hall–Kier alpha value is -4.91. The first-order chi connectivity index (χ1) is 23.2. The highest BCUT2D eigenvalue weighted by atomic mass is 79.9. The molecule has 6 aromatic heterocycles. The van der Waals surface area contributed by atoms with Crippen molar-refractivity contribution in [3.05, 3.63) is 158 Å². The summed E-state index contributed by atoms with van der Waals surface area (Å²) >= 11 is 9.94. The molecule has 0 aliphatic carbocycles. The molecule has 238 valence electrons. The molecule has 0 N–H and O–H groups in total. The van der Waals surface area contributed by atoms with Crippen LogP contribution >= 0.6 is 47.8 Å². The fourth-order valence-electron chi connectivity index (χ4n) is 4.80. The molecule has 2 aromatic carbocycles. The highest BCUT2D eigenvalue weighted by Crippen LogP contribution is 2.18. The summed E-state index contributed by atoms with van der Waals surface area (Å²) in [5.41, 5.74) is 5.78. The lowest BCUT2D eigenvalue weighted by atomic mass is 10.1. The first-order valence-corrected chi connectivity index (χ1v) is 16.5. The molecular weight excluding hydrogens is 814 g/mol. The van der Waals surface area contributed by atoms with Crippen molar-refractivity contribution in [2.75, 3.05) is 0 Å². The third kappa shape index (κ3) is 7.96. The van der Waals surface area contributed by atoms with Crippen LogP contribution in [0.5, 0.6) is 0 Å². The maximum atomic E-state index is 13.2. The minimum absolute atomic E-state index is 0.234. The van der Waals surface area contributed by atoms with E-state index in [1.165, 1.54) is 24.3 Å². The Morgan fingerprint density at radius 3 is 1.65 bits per heavy atom. The molecule has 0 aliphatic rings. The number of hydrogen-bond acceptors (Lipinski definition) is 7. The molecule has 0 unspecified atom stereocenters. The topological polar surface area (TPSA) is 114 Å². The lowest BCUT2D eigenvalue weighted by molar-refractivity contribution is 0.625. The predicted molar refractivity (Wildman–Crippen MR) is 185 cm³/mol. The second-order valence-electron chi connectivity index (χ2n) is 10.1. The maximum absolute atomic E-state index is 13.2. The average Bonchev–Trinajstić information content (AvgIpc) is 3.83. The van der Waals surface area contributed by atoms with Gasteiger partial charge in [-0.3, -0.25) is 0 Å². The quantitative estimate of drug-likeness (QED) is 0.178. The largest absolute Gasteiger partial charge is 0.303 e. The molecule has 0 saturated heterocycles. The molecule has 0 fully saturated rings. The predicted octanol–water partition coefficient (Wildman–Crippen LogP) is 7.81. The molecule has 48 heavy (non-hydrogen) atoms. The summed E-state index contributed by atoms with van der Waals surface area (Å²) in [7, 11) is 0. The van der Waals surface area contributed by atoms with E-state index in [2.05, 4.69) is 77.7 Å². The summed E-state index contributed by atoms with van der Waals surface area (Å²) in [5, 5.41) is 8.96. The van der Waals surface area contributed by atoms with E-state index in [1.807, 2.05) is 51.8 Å². The number of fused-ring (bicyclic) bond motifs is 3. The molecule has 0 bridgehead atoms. The van der Waals surface area contributed by atoms with Crippen molar-refractivity contribution < 1.29 is 8.78 Å². The van der Waals surface area contributed by atoms with Gasteiger partial charge in [-0.2, -0.15) is 5.26 Å². The zero-order chi connectivity index (χ0) is 33.6. The summed E-state index contributed by atoms with van der Waals surface area (Å²) in [5.74, 6) is -0.518. The van der Waals surface area contributed by atoms with Crippen molar-refractivity contribution in [1.29, 1.82) is 5.26 Å². The van der Waals surface area contributed by atoms with Gasteiger partial charge in [0.1, 0.15) is 26.9 Å². The van der Waals surface area contributed by atoms with Gasteiger partial charge in [0.25, 0.3) is 0 Å². The fraction of sp³-hybridized carbons (Fsp3) is 0.0606. The average molecular weight is 835 g/mol. The first kappa shape index (κ1) is 33.0. The van der Waals surface area contributed by atoms with Gasteiger partial charge in [-0.1, -0.05) is 24.3 Å². The lowest BCUT2D eigenvalue weighted by Gasteiger charge is -2.04. The summed E-state index contributed by atoms with van der Waals surface area (Å²) in [4.78, 5) is 25.3. The number of nitrogens with zero attached hydrogens (tertiary/aromatic N) is 10. The van der Waals surface area contributed by atoms with Gasteiger partial charge in [-0.15, -0.1) is 0 Å². The maximum Gasteiger partial charge on any atom is 0.170 e. The lowest BCUT2D eigenvalue weighted by Crippen LogP contribution is -2.01. The smallest absolute Gasteiger partial charge is 0.170 e. The van der Waals surface area contributed by atoms with Gasteiger partial charge in [0.2, 0.25) is 0 Å². The van der Waals surface area contributed by atoms with Crippen molar-refractivity contribution >= 4 is 64.7 Å². The van der Waals surface area contributed by atoms with E-state index in [1.54, 1.807) is 47.5 Å². The normalized spacial score (nSPS) is 10.8. The van der Waals surface area contributed by atoms with Crippen LogP contribution in [-0.2, 0) is 12.8 Å². The van der Waals surface area contributed by atoms with E-state index >= 15 is 0 Å². The molecule has 10 nitrogen and oxygen atoms in total. The second-order valence-corrected chi connectivity index (χ2v) is 12.5. The number of nitriles is 1. The first-order valence-electron chi connectivity index (χ1n) is 14.1. The molecule has 8 aromatic rings. The molecular formula is C33H21Br3F2N10. The highest BCUT2D eigenvalue weighted by Gasteiger charge is 2.10. The molecule has 0 spiro atoms. The Balaban J connectivity index is 0.000000130. The Kier molecular flexibility index (Phi) is 10.2. The minimum atomic E-state index is -0.284. The third-order valence-electron chi connectivity index (χ3n) is 6.80. The Morgan fingerprint density at radius 2 is 1.10 bits per heavy atom. The molecule has 0 atom stereocenters. The summed E-state index contributed by atoms with van der Waals surface area (Å²) in [6, 6.07) is 14.9. The molecule has 0 radical (unpaired) electrons. The van der Waals surface area contributed by atoms with Crippen molar-refractivity contribution in [3.63, 3.8) is 0 Å². The van der Waals surface area contributed by atoms with Crippen LogP contribution in [0.25, 0.3) is 16.9 Å². The Morgan fingerprint density at radius 1 is 0.625 bits per heavy atom. The standard InChI is InChI=1S/C14H9FN4.C13H9BrFN3.C6H3Br2N3/c15-11-3-1-2-10(6-11)7-13-14-17-4-5-19(14)9-12(8-16)18-13;14-12-8-18-5-4-16-13(18)11(17-12)7-9-2-1-3-10(15)6-9;7-4-3-11-2-1-9-6(11)5(8)10-4/h1-6,9H,7H2;1-6,8H,7H2;1-3H. The number of imidazole rings is 3. The van der Waals surface area contributed by atoms with E-state index < -0.39 is 0 Å². The fourth-order valence-corrected chi connectivity index (χ4v) is 6.36. The monoisotopic (exact) mass is 832 g/mol. The summed E-state index contributed by atoms with van der Waals surface area (Å²) in [6.07, 6.45) is 16.9. The van der Waals surface area contributed by atoms with Crippen molar-refractivity contribution in [3.8, 4) is 6.07 Å². The van der Waals surface area contributed by atoms with E-state index in [4.69, 9.17) is 5.26 Å². The number of rotatable bonds is 4. The number of hydrogen-bond donors (Lipinski definition) is 0. The molecule has 0 aliphatic heterocycles. The van der Waals surface area contributed by atoms with Crippen LogP contribution in [0.4, 0.5) is 8.78 Å². The van der Waals surface area contributed by atoms with Gasteiger partial charge in [0.15, 0.2) is 27.2 Å². The van der Waals surface area contributed by atoms with Gasteiger partial charge in [0, 0.05) is 68.6 Å². The van der Waals surface area contributed by atoms with E-state index in [0.717, 1.165) is 41.9 Å². The van der Waals surface area contributed by atoms with Crippen LogP contribution in [-0.4, -0.2) is 43.1 Å². The zero-order valence-electron chi connectivity index (χ0n) is 24.6. The molecule has 8 rings (SSSR count). The van der Waals surface area contributed by atoms with E-state index in [-0.39, 0.29) is 11.6 Å². The third-order valence-corrected chi connectivity index (χ3v) is 8.09.